The lowest BCUT2D eigenvalue weighted by molar-refractivity contribution is -0.111. The molecule has 0 aliphatic carbocycles. The highest BCUT2D eigenvalue weighted by molar-refractivity contribution is 7.15. The molecule has 0 bridgehead atoms. The minimum Gasteiger partial charge on any atom is -0.493 e. The highest BCUT2D eigenvalue weighted by atomic mass is 32.1. The SMILES string of the molecule is CCOC(=O)c1c(-c2ccccc2)csc1NC(=O)/C=C/c1ccc(OC)c(OC)c1. The number of carbonyl (C=O) groups excluding carboxylic acids is 2. The van der Waals surface area contributed by atoms with E-state index in [-0.39, 0.29) is 12.5 Å². The quantitative estimate of drug-likeness (QED) is 0.384. The van der Waals surface area contributed by atoms with Crippen molar-refractivity contribution >= 4 is 34.3 Å². The van der Waals surface area contributed by atoms with Crippen molar-refractivity contribution < 1.29 is 23.8 Å². The largest absolute Gasteiger partial charge is 0.493 e. The van der Waals surface area contributed by atoms with E-state index in [1.165, 1.54) is 17.4 Å². The van der Waals surface area contributed by atoms with Gasteiger partial charge in [-0.05, 0) is 36.3 Å². The Hall–Kier alpha value is -3.58. The molecule has 0 aliphatic heterocycles. The number of methoxy groups -OCH3 is 2. The molecular weight excluding hydrogens is 414 g/mol. The van der Waals surface area contributed by atoms with Gasteiger partial charge < -0.3 is 19.5 Å². The van der Waals surface area contributed by atoms with Crippen molar-refractivity contribution in [2.24, 2.45) is 0 Å². The zero-order valence-electron chi connectivity index (χ0n) is 17.5. The van der Waals surface area contributed by atoms with Crippen LogP contribution in [0, 0.1) is 0 Å². The number of rotatable bonds is 8. The van der Waals surface area contributed by atoms with Gasteiger partial charge in [-0.2, -0.15) is 0 Å². The first-order valence-corrected chi connectivity index (χ1v) is 10.5. The zero-order chi connectivity index (χ0) is 22.2. The first-order valence-electron chi connectivity index (χ1n) is 9.62. The van der Waals surface area contributed by atoms with Crippen molar-refractivity contribution in [1.29, 1.82) is 0 Å². The Labute approximate surface area is 185 Å². The molecule has 1 heterocycles. The van der Waals surface area contributed by atoms with Crippen LogP contribution in [0.5, 0.6) is 11.5 Å². The van der Waals surface area contributed by atoms with Gasteiger partial charge in [-0.3, -0.25) is 4.79 Å². The number of esters is 1. The van der Waals surface area contributed by atoms with Gasteiger partial charge in [0.15, 0.2) is 11.5 Å². The predicted molar refractivity (Wildman–Crippen MR) is 123 cm³/mol. The van der Waals surface area contributed by atoms with Crippen LogP contribution in [0.2, 0.25) is 0 Å². The maximum atomic E-state index is 12.6. The van der Waals surface area contributed by atoms with Crippen LogP contribution >= 0.6 is 11.3 Å². The van der Waals surface area contributed by atoms with E-state index in [0.29, 0.717) is 22.1 Å². The molecule has 6 nitrogen and oxygen atoms in total. The maximum Gasteiger partial charge on any atom is 0.341 e. The molecule has 1 aromatic heterocycles. The van der Waals surface area contributed by atoms with Gasteiger partial charge in [0, 0.05) is 17.0 Å². The smallest absolute Gasteiger partial charge is 0.341 e. The molecule has 7 heteroatoms. The molecule has 0 saturated carbocycles. The summed E-state index contributed by atoms with van der Waals surface area (Å²) in [5, 5.41) is 5.08. The summed E-state index contributed by atoms with van der Waals surface area (Å²) in [6.45, 7) is 1.99. The highest BCUT2D eigenvalue weighted by Gasteiger charge is 2.22. The first-order chi connectivity index (χ1) is 15.1. The van der Waals surface area contributed by atoms with Gasteiger partial charge in [-0.25, -0.2) is 4.79 Å². The van der Waals surface area contributed by atoms with Crippen LogP contribution in [0.15, 0.2) is 60.0 Å². The van der Waals surface area contributed by atoms with Gasteiger partial charge in [0.2, 0.25) is 5.91 Å². The van der Waals surface area contributed by atoms with Gasteiger partial charge in [0.05, 0.1) is 20.8 Å². The van der Waals surface area contributed by atoms with E-state index in [1.54, 1.807) is 39.4 Å². The summed E-state index contributed by atoms with van der Waals surface area (Å²) in [6.07, 6.45) is 3.06. The number of benzene rings is 2. The topological polar surface area (TPSA) is 73.9 Å². The van der Waals surface area contributed by atoms with Crippen LogP contribution in [0.3, 0.4) is 0 Å². The Kier molecular flexibility index (Phi) is 7.45. The van der Waals surface area contributed by atoms with Crippen molar-refractivity contribution in [3.05, 3.63) is 71.1 Å². The van der Waals surface area contributed by atoms with Gasteiger partial charge in [0.1, 0.15) is 10.6 Å². The maximum absolute atomic E-state index is 12.6. The normalized spacial score (nSPS) is 10.7. The summed E-state index contributed by atoms with van der Waals surface area (Å²) in [6, 6.07) is 14.9. The van der Waals surface area contributed by atoms with Crippen LogP contribution in [0.1, 0.15) is 22.8 Å². The van der Waals surface area contributed by atoms with Gasteiger partial charge in [-0.15, -0.1) is 11.3 Å². The second-order valence-electron chi connectivity index (χ2n) is 6.38. The Bertz CT molecular complexity index is 1090. The monoisotopic (exact) mass is 437 g/mol. The molecule has 3 rings (SSSR count). The fourth-order valence-corrected chi connectivity index (χ4v) is 3.93. The van der Waals surface area contributed by atoms with E-state index in [4.69, 9.17) is 14.2 Å². The lowest BCUT2D eigenvalue weighted by Crippen LogP contribution is -2.12. The Morgan fingerprint density at radius 2 is 1.77 bits per heavy atom. The van der Waals surface area contributed by atoms with Crippen LogP contribution in [-0.4, -0.2) is 32.7 Å². The molecule has 0 spiro atoms. The van der Waals surface area contributed by atoms with Crippen LogP contribution in [-0.2, 0) is 9.53 Å². The van der Waals surface area contributed by atoms with Gasteiger partial charge >= 0.3 is 5.97 Å². The molecule has 2 aromatic carbocycles. The third-order valence-electron chi connectivity index (χ3n) is 4.43. The van der Waals surface area contributed by atoms with E-state index >= 15 is 0 Å². The second-order valence-corrected chi connectivity index (χ2v) is 7.26. The minimum atomic E-state index is -0.471. The van der Waals surface area contributed by atoms with E-state index in [0.717, 1.165) is 16.7 Å². The van der Waals surface area contributed by atoms with Gasteiger partial charge in [0.25, 0.3) is 0 Å². The fraction of sp³-hybridized carbons (Fsp3) is 0.167. The Balaban J connectivity index is 1.83. The molecule has 1 amide bonds. The molecule has 31 heavy (non-hydrogen) atoms. The molecule has 3 aromatic rings. The number of nitrogens with one attached hydrogen (secondary N) is 1. The van der Waals surface area contributed by atoms with E-state index in [1.807, 2.05) is 41.8 Å². The van der Waals surface area contributed by atoms with Crippen molar-refractivity contribution in [2.45, 2.75) is 6.92 Å². The number of anilines is 1. The summed E-state index contributed by atoms with van der Waals surface area (Å²) in [5.74, 6) is 0.346. The third-order valence-corrected chi connectivity index (χ3v) is 5.32. The number of thiophene rings is 1. The molecule has 1 N–H and O–H groups in total. The fourth-order valence-electron chi connectivity index (χ4n) is 2.97. The molecule has 0 unspecified atom stereocenters. The molecule has 0 fully saturated rings. The lowest BCUT2D eigenvalue weighted by Gasteiger charge is -2.08. The number of hydrogen-bond donors (Lipinski definition) is 1. The molecular formula is C24H23NO5S. The number of hydrogen-bond acceptors (Lipinski definition) is 6. The number of amides is 1. The molecule has 0 atom stereocenters. The zero-order valence-corrected chi connectivity index (χ0v) is 18.3. The average Bonchev–Trinajstić information content (AvgIpc) is 3.21. The summed E-state index contributed by atoms with van der Waals surface area (Å²) in [4.78, 5) is 25.1. The minimum absolute atomic E-state index is 0.246. The number of carbonyl (C=O) groups is 2. The Morgan fingerprint density at radius 1 is 1.03 bits per heavy atom. The Morgan fingerprint density at radius 3 is 2.45 bits per heavy atom. The summed E-state index contributed by atoms with van der Waals surface area (Å²) in [7, 11) is 3.11. The molecule has 0 saturated heterocycles. The molecule has 0 radical (unpaired) electrons. The van der Waals surface area contributed by atoms with Crippen LogP contribution < -0.4 is 14.8 Å². The summed E-state index contributed by atoms with van der Waals surface area (Å²) < 4.78 is 15.7. The second kappa shape index (κ2) is 10.4. The molecule has 160 valence electrons. The molecule has 0 aliphatic rings. The van der Waals surface area contributed by atoms with Crippen molar-refractivity contribution in [3.8, 4) is 22.6 Å². The highest BCUT2D eigenvalue weighted by Crippen LogP contribution is 2.36. The summed E-state index contributed by atoms with van der Waals surface area (Å²) in [5.41, 5.74) is 2.73. The van der Waals surface area contributed by atoms with Gasteiger partial charge in [-0.1, -0.05) is 36.4 Å². The standard InChI is InChI=1S/C24H23NO5S/c1-4-30-24(27)22-18(17-8-6-5-7-9-17)15-31-23(22)25-21(26)13-11-16-10-12-19(28-2)20(14-16)29-3/h5-15H,4H2,1-3H3,(H,25,26)/b13-11+. The van der Waals surface area contributed by atoms with E-state index in [2.05, 4.69) is 5.32 Å². The van der Waals surface area contributed by atoms with E-state index in [9.17, 15) is 9.59 Å². The average molecular weight is 438 g/mol. The van der Waals surface area contributed by atoms with Crippen molar-refractivity contribution in [3.63, 3.8) is 0 Å². The van der Waals surface area contributed by atoms with E-state index < -0.39 is 5.97 Å². The van der Waals surface area contributed by atoms with Crippen LogP contribution in [0.4, 0.5) is 5.00 Å². The van der Waals surface area contributed by atoms with Crippen molar-refractivity contribution in [1.82, 2.24) is 0 Å². The van der Waals surface area contributed by atoms with Crippen molar-refractivity contribution in [2.75, 3.05) is 26.1 Å². The lowest BCUT2D eigenvalue weighted by atomic mass is 10.0. The predicted octanol–water partition coefficient (Wildman–Crippen LogP) is 5.26. The third kappa shape index (κ3) is 5.32. The summed E-state index contributed by atoms with van der Waals surface area (Å²) >= 11 is 1.28. The number of ether oxygens (including phenoxy) is 3. The van der Waals surface area contributed by atoms with Crippen LogP contribution in [0.25, 0.3) is 17.2 Å². The first kappa shape index (κ1) is 22.1.